The van der Waals surface area contributed by atoms with Crippen LogP contribution < -0.4 is 11.1 Å². The molecule has 1 saturated carbocycles. The number of aromatic nitrogens is 1. The Morgan fingerprint density at radius 2 is 1.86 bits per heavy atom. The van der Waals surface area contributed by atoms with E-state index >= 15 is 0 Å². The molecule has 2 amide bonds. The van der Waals surface area contributed by atoms with Crippen LogP contribution in [0.2, 0.25) is 0 Å². The van der Waals surface area contributed by atoms with E-state index in [0.717, 1.165) is 41.3 Å². The van der Waals surface area contributed by atoms with Crippen LogP contribution in [0.15, 0.2) is 0 Å². The summed E-state index contributed by atoms with van der Waals surface area (Å²) in [5.41, 5.74) is 5.51. The van der Waals surface area contributed by atoms with Gasteiger partial charge in [-0.15, -0.1) is 11.3 Å². The fourth-order valence-electron chi connectivity index (χ4n) is 2.96. The highest BCUT2D eigenvalue weighted by Gasteiger charge is 2.38. The SMILES string of the molecule is Cc1nc(CC(=O)NC2(C(N)=O)CCCCCC2)c(C)s1. The number of hydrogen-bond donors (Lipinski definition) is 2. The molecule has 116 valence electrons. The van der Waals surface area contributed by atoms with Gasteiger partial charge in [-0.25, -0.2) is 4.98 Å². The molecule has 1 fully saturated rings. The number of thiazole rings is 1. The largest absolute Gasteiger partial charge is 0.368 e. The standard InChI is InChI=1S/C15H23N3O2S/c1-10-12(17-11(2)21-10)9-13(19)18-15(14(16)20)7-5-3-4-6-8-15/h3-9H2,1-2H3,(H2,16,20)(H,18,19). The van der Waals surface area contributed by atoms with E-state index in [1.165, 1.54) is 0 Å². The van der Waals surface area contributed by atoms with E-state index in [9.17, 15) is 9.59 Å². The van der Waals surface area contributed by atoms with Gasteiger partial charge in [-0.05, 0) is 26.7 Å². The average molecular weight is 309 g/mol. The van der Waals surface area contributed by atoms with Crippen molar-refractivity contribution in [3.8, 4) is 0 Å². The van der Waals surface area contributed by atoms with Crippen molar-refractivity contribution in [3.05, 3.63) is 15.6 Å². The summed E-state index contributed by atoms with van der Waals surface area (Å²) in [5, 5.41) is 3.86. The first-order chi connectivity index (χ1) is 9.93. The molecule has 0 radical (unpaired) electrons. The second-order valence-electron chi connectivity index (χ2n) is 5.82. The second-order valence-corrected chi connectivity index (χ2v) is 7.23. The highest BCUT2D eigenvalue weighted by Crippen LogP contribution is 2.27. The lowest BCUT2D eigenvalue weighted by atomic mass is 9.89. The lowest BCUT2D eigenvalue weighted by Gasteiger charge is -2.30. The number of carbonyl (C=O) groups excluding carboxylic acids is 2. The van der Waals surface area contributed by atoms with Crippen LogP contribution >= 0.6 is 11.3 Å². The van der Waals surface area contributed by atoms with Crippen molar-refractivity contribution in [1.29, 1.82) is 0 Å². The molecule has 3 N–H and O–H groups in total. The summed E-state index contributed by atoms with van der Waals surface area (Å²) in [6, 6.07) is 0. The van der Waals surface area contributed by atoms with Crippen LogP contribution in [-0.2, 0) is 16.0 Å². The molecule has 1 aromatic rings. The van der Waals surface area contributed by atoms with E-state index in [1.807, 2.05) is 13.8 Å². The van der Waals surface area contributed by atoms with Crippen LogP contribution in [-0.4, -0.2) is 22.3 Å². The lowest BCUT2D eigenvalue weighted by Crippen LogP contribution is -2.57. The number of nitrogens with zero attached hydrogens (tertiary/aromatic N) is 1. The predicted molar refractivity (Wildman–Crippen MR) is 83.1 cm³/mol. The molecule has 0 aliphatic heterocycles. The Morgan fingerprint density at radius 1 is 1.24 bits per heavy atom. The molecule has 1 aliphatic carbocycles. The maximum absolute atomic E-state index is 12.3. The minimum Gasteiger partial charge on any atom is -0.368 e. The van der Waals surface area contributed by atoms with Gasteiger partial charge in [-0.1, -0.05) is 25.7 Å². The second kappa shape index (κ2) is 6.56. The topological polar surface area (TPSA) is 85.1 Å². The van der Waals surface area contributed by atoms with E-state index in [2.05, 4.69) is 10.3 Å². The van der Waals surface area contributed by atoms with Crippen molar-refractivity contribution < 1.29 is 9.59 Å². The summed E-state index contributed by atoms with van der Waals surface area (Å²) in [4.78, 5) is 29.6. The van der Waals surface area contributed by atoms with Crippen LogP contribution in [0.25, 0.3) is 0 Å². The summed E-state index contributed by atoms with van der Waals surface area (Å²) >= 11 is 1.58. The first kappa shape index (κ1) is 15.9. The van der Waals surface area contributed by atoms with Crippen molar-refractivity contribution >= 4 is 23.2 Å². The van der Waals surface area contributed by atoms with Crippen LogP contribution in [0.3, 0.4) is 0 Å². The first-order valence-electron chi connectivity index (χ1n) is 7.47. The van der Waals surface area contributed by atoms with Gasteiger partial charge >= 0.3 is 0 Å². The minimum absolute atomic E-state index is 0.163. The Bertz CT molecular complexity index is 531. The number of aryl methyl sites for hydroxylation is 2. The molecule has 0 aromatic carbocycles. The molecule has 0 unspecified atom stereocenters. The summed E-state index contributed by atoms with van der Waals surface area (Å²) in [6.07, 6.45) is 5.54. The first-order valence-corrected chi connectivity index (χ1v) is 8.28. The summed E-state index contributed by atoms with van der Waals surface area (Å²) < 4.78 is 0. The summed E-state index contributed by atoms with van der Waals surface area (Å²) in [6.45, 7) is 3.89. The monoisotopic (exact) mass is 309 g/mol. The van der Waals surface area contributed by atoms with Gasteiger partial charge in [0.2, 0.25) is 11.8 Å². The van der Waals surface area contributed by atoms with Crippen molar-refractivity contribution in [2.24, 2.45) is 5.73 Å². The van der Waals surface area contributed by atoms with E-state index in [1.54, 1.807) is 11.3 Å². The Kier molecular flexibility index (Phi) is 4.98. The molecule has 5 nitrogen and oxygen atoms in total. The van der Waals surface area contributed by atoms with Crippen LogP contribution in [0.5, 0.6) is 0 Å². The summed E-state index contributed by atoms with van der Waals surface area (Å²) in [7, 11) is 0. The number of primary amides is 1. The fraction of sp³-hybridized carbons (Fsp3) is 0.667. The molecule has 1 aromatic heterocycles. The minimum atomic E-state index is -0.868. The lowest BCUT2D eigenvalue weighted by molar-refractivity contribution is -0.132. The predicted octanol–water partition coefficient (Wildman–Crippen LogP) is 2.00. The summed E-state index contributed by atoms with van der Waals surface area (Å²) in [5.74, 6) is -0.576. The molecule has 0 saturated heterocycles. The zero-order chi connectivity index (χ0) is 15.5. The van der Waals surface area contributed by atoms with E-state index in [0.29, 0.717) is 12.8 Å². The van der Waals surface area contributed by atoms with Gasteiger partial charge in [0.1, 0.15) is 5.54 Å². The molecular formula is C15H23N3O2S. The Balaban J connectivity index is 2.08. The normalized spacial score (nSPS) is 18.0. The molecule has 1 heterocycles. The third-order valence-electron chi connectivity index (χ3n) is 4.14. The third kappa shape index (κ3) is 3.81. The third-order valence-corrected chi connectivity index (χ3v) is 5.06. The molecule has 6 heteroatoms. The Morgan fingerprint density at radius 3 is 2.33 bits per heavy atom. The highest BCUT2D eigenvalue weighted by atomic mass is 32.1. The average Bonchev–Trinajstić information content (AvgIpc) is 2.62. The number of nitrogens with two attached hydrogens (primary N) is 1. The molecule has 0 spiro atoms. The smallest absolute Gasteiger partial charge is 0.243 e. The van der Waals surface area contributed by atoms with Crippen LogP contribution in [0.1, 0.15) is 54.1 Å². The van der Waals surface area contributed by atoms with Gasteiger partial charge < -0.3 is 11.1 Å². The van der Waals surface area contributed by atoms with Gasteiger partial charge in [0.05, 0.1) is 17.1 Å². The van der Waals surface area contributed by atoms with Crippen LogP contribution in [0, 0.1) is 13.8 Å². The van der Waals surface area contributed by atoms with Gasteiger partial charge in [0, 0.05) is 4.88 Å². The number of amides is 2. The zero-order valence-corrected chi connectivity index (χ0v) is 13.5. The quantitative estimate of drug-likeness (QED) is 0.834. The Hall–Kier alpha value is -1.43. The van der Waals surface area contributed by atoms with Gasteiger partial charge in [-0.3, -0.25) is 9.59 Å². The fourth-order valence-corrected chi connectivity index (χ4v) is 3.80. The van der Waals surface area contributed by atoms with E-state index in [-0.39, 0.29) is 12.3 Å². The molecule has 0 bridgehead atoms. The molecule has 21 heavy (non-hydrogen) atoms. The van der Waals surface area contributed by atoms with Gasteiger partial charge in [0.25, 0.3) is 0 Å². The van der Waals surface area contributed by atoms with Crippen molar-refractivity contribution in [3.63, 3.8) is 0 Å². The van der Waals surface area contributed by atoms with Crippen molar-refractivity contribution in [1.82, 2.24) is 10.3 Å². The molecule has 0 atom stereocenters. The molecule has 2 rings (SSSR count). The number of rotatable bonds is 4. The van der Waals surface area contributed by atoms with Crippen molar-refractivity contribution in [2.45, 2.75) is 64.3 Å². The van der Waals surface area contributed by atoms with Crippen molar-refractivity contribution in [2.75, 3.05) is 0 Å². The van der Waals surface area contributed by atoms with Gasteiger partial charge in [-0.2, -0.15) is 0 Å². The number of hydrogen-bond acceptors (Lipinski definition) is 4. The maximum Gasteiger partial charge on any atom is 0.243 e. The number of carbonyl (C=O) groups is 2. The van der Waals surface area contributed by atoms with Crippen LogP contribution in [0.4, 0.5) is 0 Å². The number of nitrogens with one attached hydrogen (secondary N) is 1. The molecular weight excluding hydrogens is 286 g/mol. The van der Waals surface area contributed by atoms with E-state index < -0.39 is 11.4 Å². The highest BCUT2D eigenvalue weighted by molar-refractivity contribution is 7.11. The van der Waals surface area contributed by atoms with Gasteiger partial charge in [0.15, 0.2) is 0 Å². The Labute approximate surface area is 129 Å². The van der Waals surface area contributed by atoms with E-state index in [4.69, 9.17) is 5.73 Å². The zero-order valence-electron chi connectivity index (χ0n) is 12.7. The maximum atomic E-state index is 12.3. The molecule has 1 aliphatic rings.